The fourth-order valence-electron chi connectivity index (χ4n) is 3.47. The number of nitrogens with zero attached hydrogens (tertiary/aromatic N) is 5. The van der Waals surface area contributed by atoms with E-state index in [-0.39, 0.29) is 17.7 Å². The Hall–Kier alpha value is -3.15. The molecule has 7 nitrogen and oxygen atoms in total. The monoisotopic (exact) mass is 448 g/mol. The number of nitrogens with one attached hydrogen (secondary N) is 1. The lowest BCUT2D eigenvalue weighted by atomic mass is 10.1. The van der Waals surface area contributed by atoms with Gasteiger partial charge in [-0.05, 0) is 43.8 Å². The van der Waals surface area contributed by atoms with Gasteiger partial charge in [0.05, 0.1) is 30.8 Å². The highest BCUT2D eigenvalue weighted by Gasteiger charge is 2.22. The highest BCUT2D eigenvalue weighted by Crippen LogP contribution is 2.26. The number of hydrogen-bond acceptors (Lipinski definition) is 6. The van der Waals surface area contributed by atoms with Gasteiger partial charge >= 0.3 is 0 Å². The Morgan fingerprint density at radius 1 is 1.12 bits per heavy atom. The van der Waals surface area contributed by atoms with Crippen LogP contribution in [0.15, 0.2) is 59.8 Å². The molecule has 166 valence electrons. The Kier molecular flexibility index (Phi) is 8.42. The van der Waals surface area contributed by atoms with Gasteiger partial charge in [0.1, 0.15) is 0 Å². The lowest BCUT2D eigenvalue weighted by molar-refractivity contribution is -0.113. The molecule has 8 heteroatoms. The molecule has 1 N–H and O–H groups in total. The van der Waals surface area contributed by atoms with Crippen LogP contribution in [0.2, 0.25) is 0 Å². The van der Waals surface area contributed by atoms with Gasteiger partial charge in [-0.15, -0.1) is 10.2 Å². The molecule has 0 aliphatic heterocycles. The van der Waals surface area contributed by atoms with Crippen LogP contribution >= 0.6 is 11.8 Å². The first kappa shape index (κ1) is 23.5. The number of amides is 1. The molecule has 0 radical (unpaired) electrons. The first-order valence-corrected chi connectivity index (χ1v) is 11.5. The van der Waals surface area contributed by atoms with Gasteiger partial charge in [-0.1, -0.05) is 61.2 Å². The number of rotatable bonds is 10. The van der Waals surface area contributed by atoms with Crippen molar-refractivity contribution in [2.24, 2.45) is 0 Å². The van der Waals surface area contributed by atoms with Gasteiger partial charge in [-0.25, -0.2) is 0 Å². The molecule has 1 atom stereocenters. The number of thioether (sulfide) groups is 1. The first-order chi connectivity index (χ1) is 15.5. The summed E-state index contributed by atoms with van der Waals surface area (Å²) < 4.78 is 2.11. The number of anilines is 1. The summed E-state index contributed by atoms with van der Waals surface area (Å²) >= 11 is 1.38. The molecule has 3 rings (SSSR count). The molecule has 1 amide bonds. The normalized spacial score (nSPS) is 11.8. The highest BCUT2D eigenvalue weighted by atomic mass is 32.2. The van der Waals surface area contributed by atoms with E-state index in [1.807, 2.05) is 56.6 Å². The van der Waals surface area contributed by atoms with Gasteiger partial charge in [-0.3, -0.25) is 9.69 Å². The van der Waals surface area contributed by atoms with E-state index in [2.05, 4.69) is 50.1 Å². The maximum absolute atomic E-state index is 12.5. The second-order valence-electron chi connectivity index (χ2n) is 7.67. The number of hydrogen-bond donors (Lipinski definition) is 1. The average molecular weight is 449 g/mol. The maximum atomic E-state index is 12.5. The van der Waals surface area contributed by atoms with E-state index >= 15 is 0 Å². The first-order valence-electron chi connectivity index (χ1n) is 10.5. The number of nitriles is 1. The third-order valence-electron chi connectivity index (χ3n) is 5.09. The van der Waals surface area contributed by atoms with E-state index in [0.717, 1.165) is 28.5 Å². The van der Waals surface area contributed by atoms with Crippen molar-refractivity contribution in [1.82, 2.24) is 19.7 Å². The van der Waals surface area contributed by atoms with Crippen molar-refractivity contribution >= 4 is 23.4 Å². The molecule has 0 saturated carbocycles. The third-order valence-corrected chi connectivity index (χ3v) is 6.06. The molecule has 0 saturated heterocycles. The lowest BCUT2D eigenvalue weighted by Gasteiger charge is -2.23. The Bertz CT molecular complexity index is 1060. The number of aromatic nitrogens is 3. The Morgan fingerprint density at radius 3 is 2.47 bits per heavy atom. The second-order valence-corrected chi connectivity index (χ2v) is 8.61. The minimum atomic E-state index is -0.113. The quantitative estimate of drug-likeness (QED) is 0.469. The topological polar surface area (TPSA) is 86.8 Å². The molecule has 0 fully saturated rings. The van der Waals surface area contributed by atoms with Crippen LogP contribution in [0.3, 0.4) is 0 Å². The van der Waals surface area contributed by atoms with Crippen LogP contribution in [0.25, 0.3) is 0 Å². The molecular formula is C24H28N6OS. The van der Waals surface area contributed by atoms with Crippen molar-refractivity contribution in [3.8, 4) is 6.07 Å². The Balaban J connectivity index is 1.72. The zero-order valence-electron chi connectivity index (χ0n) is 18.7. The van der Waals surface area contributed by atoms with Crippen LogP contribution in [-0.4, -0.2) is 45.4 Å². The fraction of sp³-hybridized carbons (Fsp3) is 0.333. The van der Waals surface area contributed by atoms with Crippen molar-refractivity contribution in [2.75, 3.05) is 25.2 Å². The van der Waals surface area contributed by atoms with Crippen molar-refractivity contribution in [3.05, 3.63) is 71.5 Å². The maximum Gasteiger partial charge on any atom is 0.234 e. The van der Waals surface area contributed by atoms with Crippen LogP contribution < -0.4 is 5.32 Å². The van der Waals surface area contributed by atoms with E-state index in [1.165, 1.54) is 11.8 Å². The zero-order chi connectivity index (χ0) is 22.9. The SMILES string of the molecule is CCC(c1nnc(SCC(=O)Nc2ccc(CC#N)cc2)n1Cc1ccccc1)N(C)C. The van der Waals surface area contributed by atoms with Crippen LogP contribution in [0.4, 0.5) is 5.69 Å². The fourth-order valence-corrected chi connectivity index (χ4v) is 4.22. The summed E-state index contributed by atoms with van der Waals surface area (Å²) in [5.74, 6) is 1.02. The summed E-state index contributed by atoms with van der Waals surface area (Å²) in [6.07, 6.45) is 1.27. The summed E-state index contributed by atoms with van der Waals surface area (Å²) in [6.45, 7) is 2.78. The molecular weight excluding hydrogens is 420 g/mol. The van der Waals surface area contributed by atoms with Crippen LogP contribution in [-0.2, 0) is 17.8 Å². The Morgan fingerprint density at radius 2 is 1.84 bits per heavy atom. The van der Waals surface area contributed by atoms with Crippen LogP contribution in [0, 0.1) is 11.3 Å². The van der Waals surface area contributed by atoms with Gasteiger partial charge < -0.3 is 9.88 Å². The minimum Gasteiger partial charge on any atom is -0.325 e. The molecule has 32 heavy (non-hydrogen) atoms. The van der Waals surface area contributed by atoms with E-state index in [1.54, 1.807) is 0 Å². The summed E-state index contributed by atoms with van der Waals surface area (Å²) in [7, 11) is 4.08. The van der Waals surface area contributed by atoms with E-state index in [0.29, 0.717) is 18.7 Å². The largest absolute Gasteiger partial charge is 0.325 e. The lowest BCUT2D eigenvalue weighted by Crippen LogP contribution is -2.23. The van der Waals surface area contributed by atoms with E-state index in [9.17, 15) is 4.79 Å². The Labute approximate surface area is 193 Å². The summed E-state index contributed by atoms with van der Waals surface area (Å²) in [4.78, 5) is 14.7. The molecule has 1 heterocycles. The van der Waals surface area contributed by atoms with Crippen LogP contribution in [0.5, 0.6) is 0 Å². The average Bonchev–Trinajstić information content (AvgIpc) is 3.17. The number of benzene rings is 2. The molecule has 0 spiro atoms. The van der Waals surface area contributed by atoms with Gasteiger partial charge in [-0.2, -0.15) is 5.26 Å². The minimum absolute atomic E-state index is 0.113. The van der Waals surface area contributed by atoms with Gasteiger partial charge in [0, 0.05) is 5.69 Å². The van der Waals surface area contributed by atoms with Gasteiger partial charge in [0.25, 0.3) is 0 Å². The molecule has 0 bridgehead atoms. The standard InChI is InChI=1S/C24H28N6OS/c1-4-21(29(2)3)23-27-28-24(30(23)16-19-8-6-5-7-9-19)32-17-22(31)26-20-12-10-18(11-13-20)14-15-25/h5-13,21H,4,14,16-17H2,1-3H3,(H,26,31). The number of carbonyl (C=O) groups is 1. The van der Waals surface area contributed by atoms with Crippen molar-refractivity contribution < 1.29 is 4.79 Å². The highest BCUT2D eigenvalue weighted by molar-refractivity contribution is 7.99. The van der Waals surface area contributed by atoms with Crippen LogP contribution in [0.1, 0.15) is 36.3 Å². The predicted octanol–water partition coefficient (Wildman–Crippen LogP) is 4.14. The predicted molar refractivity (Wildman–Crippen MR) is 127 cm³/mol. The zero-order valence-corrected chi connectivity index (χ0v) is 19.5. The second kappa shape index (κ2) is 11.5. The summed E-state index contributed by atoms with van der Waals surface area (Å²) in [5, 5.41) is 21.3. The molecule has 1 unspecified atom stereocenters. The smallest absolute Gasteiger partial charge is 0.234 e. The van der Waals surface area contributed by atoms with Gasteiger partial charge in [0.15, 0.2) is 11.0 Å². The van der Waals surface area contributed by atoms with Crippen molar-refractivity contribution in [3.63, 3.8) is 0 Å². The molecule has 2 aromatic carbocycles. The molecule has 3 aromatic rings. The van der Waals surface area contributed by atoms with Crippen molar-refractivity contribution in [2.45, 2.75) is 37.5 Å². The summed E-state index contributed by atoms with van der Waals surface area (Å²) in [6, 6.07) is 19.8. The molecule has 0 aliphatic carbocycles. The van der Waals surface area contributed by atoms with E-state index in [4.69, 9.17) is 5.26 Å². The summed E-state index contributed by atoms with van der Waals surface area (Å²) in [5.41, 5.74) is 2.79. The third kappa shape index (κ3) is 6.19. The molecule has 0 aliphatic rings. The number of carbonyl (C=O) groups excluding carboxylic acids is 1. The van der Waals surface area contributed by atoms with Gasteiger partial charge in [0.2, 0.25) is 5.91 Å². The van der Waals surface area contributed by atoms with E-state index < -0.39 is 0 Å². The van der Waals surface area contributed by atoms with Crippen molar-refractivity contribution in [1.29, 1.82) is 5.26 Å². The molecule has 1 aromatic heterocycles.